The summed E-state index contributed by atoms with van der Waals surface area (Å²) >= 11 is 0. The van der Waals surface area contributed by atoms with Crippen molar-refractivity contribution in [2.24, 2.45) is 0 Å². The minimum absolute atomic E-state index is 0.0194. The molecule has 144 valence electrons. The number of amides is 1. The van der Waals surface area contributed by atoms with Crippen LogP contribution in [0, 0.1) is 10.1 Å². The van der Waals surface area contributed by atoms with Gasteiger partial charge in [0, 0.05) is 31.9 Å². The second kappa shape index (κ2) is 8.97. The first-order valence-electron chi connectivity index (χ1n) is 7.84. The average Bonchev–Trinajstić information content (AvgIpc) is 2.70. The van der Waals surface area contributed by atoms with Crippen molar-refractivity contribution >= 4 is 11.6 Å². The predicted molar refractivity (Wildman–Crippen MR) is 96.7 cm³/mol. The Morgan fingerprint density at radius 1 is 1.15 bits per heavy atom. The highest BCUT2D eigenvalue weighted by Crippen LogP contribution is 2.41. The molecule has 0 heterocycles. The van der Waals surface area contributed by atoms with Gasteiger partial charge in [0.25, 0.3) is 11.6 Å². The summed E-state index contributed by atoms with van der Waals surface area (Å²) in [5, 5.41) is 12.2. The molecule has 0 aromatic heterocycles. The van der Waals surface area contributed by atoms with Crippen molar-refractivity contribution in [3.05, 3.63) is 52.1 Å². The summed E-state index contributed by atoms with van der Waals surface area (Å²) in [5.74, 6) is 0.283. The molecular weight excluding hydrogens is 356 g/mol. The monoisotopic (exact) mass is 376 g/mol. The number of benzene rings is 2. The van der Waals surface area contributed by atoms with Gasteiger partial charge in [-0.1, -0.05) is 6.07 Å². The number of nitrogens with zero attached hydrogens (tertiary/aromatic N) is 2. The fourth-order valence-corrected chi connectivity index (χ4v) is 2.48. The lowest BCUT2D eigenvalue weighted by molar-refractivity contribution is -0.384. The molecule has 1 amide bonds. The van der Waals surface area contributed by atoms with Gasteiger partial charge in [0.2, 0.25) is 0 Å². The van der Waals surface area contributed by atoms with E-state index in [2.05, 4.69) is 0 Å². The number of methoxy groups -OCH3 is 2. The van der Waals surface area contributed by atoms with Crippen molar-refractivity contribution in [2.75, 3.05) is 35.2 Å². The zero-order chi connectivity index (χ0) is 20.0. The van der Waals surface area contributed by atoms with E-state index in [1.807, 2.05) is 0 Å². The number of hydrogen-bond donors (Lipinski definition) is 0. The van der Waals surface area contributed by atoms with Gasteiger partial charge in [0.05, 0.1) is 30.3 Å². The van der Waals surface area contributed by atoms with E-state index in [-0.39, 0.29) is 18.0 Å². The van der Waals surface area contributed by atoms with Crippen LogP contribution in [0.4, 0.5) is 5.69 Å². The number of nitro groups is 1. The van der Waals surface area contributed by atoms with Crippen molar-refractivity contribution < 1.29 is 28.8 Å². The van der Waals surface area contributed by atoms with Gasteiger partial charge in [-0.15, -0.1) is 0 Å². The van der Waals surface area contributed by atoms with E-state index in [4.69, 9.17) is 19.0 Å². The minimum Gasteiger partial charge on any atom is -0.496 e. The summed E-state index contributed by atoms with van der Waals surface area (Å²) in [6, 6.07) is 9.09. The molecule has 27 heavy (non-hydrogen) atoms. The number of nitro benzene ring substituents is 1. The molecule has 0 radical (unpaired) electrons. The first-order valence-corrected chi connectivity index (χ1v) is 7.84. The molecule has 2 aromatic rings. The lowest BCUT2D eigenvalue weighted by Gasteiger charge is -2.19. The van der Waals surface area contributed by atoms with Crippen LogP contribution in [-0.4, -0.2) is 51.1 Å². The van der Waals surface area contributed by atoms with Crippen LogP contribution >= 0.6 is 0 Å². The number of ether oxygens (including phenoxy) is 3. The molecule has 2 aromatic carbocycles. The van der Waals surface area contributed by atoms with E-state index in [0.717, 1.165) is 5.06 Å². The number of hydroxylamine groups is 2. The highest BCUT2D eigenvalue weighted by Gasteiger charge is 2.24. The zero-order valence-corrected chi connectivity index (χ0v) is 15.4. The molecule has 0 saturated heterocycles. The van der Waals surface area contributed by atoms with Crippen LogP contribution in [0.5, 0.6) is 11.5 Å². The second-order valence-electron chi connectivity index (χ2n) is 5.36. The normalized spacial score (nSPS) is 10.4. The third kappa shape index (κ3) is 4.33. The molecule has 0 saturated carbocycles. The first kappa shape index (κ1) is 20.1. The van der Waals surface area contributed by atoms with Crippen LogP contribution in [0.25, 0.3) is 11.1 Å². The quantitative estimate of drug-likeness (QED) is 0.397. The van der Waals surface area contributed by atoms with E-state index in [9.17, 15) is 14.9 Å². The predicted octanol–water partition coefficient (Wildman–Crippen LogP) is 2.89. The summed E-state index contributed by atoms with van der Waals surface area (Å²) in [4.78, 5) is 28.3. The number of carbonyl (C=O) groups is 1. The number of hydrogen-bond acceptors (Lipinski definition) is 7. The molecule has 0 atom stereocenters. The van der Waals surface area contributed by atoms with Crippen LogP contribution in [0.3, 0.4) is 0 Å². The third-order valence-corrected chi connectivity index (χ3v) is 3.81. The van der Waals surface area contributed by atoms with Gasteiger partial charge in [-0.2, -0.15) is 0 Å². The van der Waals surface area contributed by atoms with Crippen molar-refractivity contribution in [1.82, 2.24) is 5.06 Å². The highest BCUT2D eigenvalue weighted by molar-refractivity contribution is 6.02. The van der Waals surface area contributed by atoms with Gasteiger partial charge < -0.3 is 14.2 Å². The largest absolute Gasteiger partial charge is 0.496 e. The van der Waals surface area contributed by atoms with Gasteiger partial charge in [0.1, 0.15) is 11.5 Å². The van der Waals surface area contributed by atoms with Crippen LogP contribution in [-0.2, 0) is 9.57 Å². The van der Waals surface area contributed by atoms with Crippen molar-refractivity contribution in [3.63, 3.8) is 0 Å². The van der Waals surface area contributed by atoms with Gasteiger partial charge in [-0.25, -0.2) is 5.06 Å². The van der Waals surface area contributed by atoms with E-state index in [1.165, 1.54) is 46.6 Å². The summed E-state index contributed by atoms with van der Waals surface area (Å²) in [6.45, 7) is -0.0194. The SMILES string of the molecule is COCOc1cccc(OC)c1-c1ccc([N+](=O)[O-])cc1C(=O)N(C)OC. The smallest absolute Gasteiger partial charge is 0.278 e. The molecular formula is C18H20N2O7. The molecule has 0 aliphatic heterocycles. The second-order valence-corrected chi connectivity index (χ2v) is 5.36. The van der Waals surface area contributed by atoms with E-state index < -0.39 is 10.8 Å². The van der Waals surface area contributed by atoms with Crippen LogP contribution < -0.4 is 9.47 Å². The van der Waals surface area contributed by atoms with Crippen molar-refractivity contribution in [1.29, 1.82) is 0 Å². The molecule has 2 rings (SSSR count). The Morgan fingerprint density at radius 2 is 1.85 bits per heavy atom. The average molecular weight is 376 g/mol. The number of rotatable bonds is 8. The van der Waals surface area contributed by atoms with E-state index in [0.29, 0.717) is 22.6 Å². The molecule has 0 aliphatic rings. The topological polar surface area (TPSA) is 100 Å². The number of carbonyl (C=O) groups excluding carboxylic acids is 1. The molecule has 0 aliphatic carbocycles. The van der Waals surface area contributed by atoms with Gasteiger partial charge in [-0.3, -0.25) is 19.7 Å². The standard InChI is InChI=1S/C18H20N2O7/c1-19(26-4)18(21)14-10-12(20(22)23)8-9-13(14)17-15(25-3)6-5-7-16(17)27-11-24-2/h5-10H,11H2,1-4H3. The summed E-state index contributed by atoms with van der Waals surface area (Å²) in [7, 11) is 5.70. The van der Waals surface area contributed by atoms with Crippen LogP contribution in [0.1, 0.15) is 10.4 Å². The minimum atomic E-state index is -0.572. The van der Waals surface area contributed by atoms with Crippen molar-refractivity contribution in [2.45, 2.75) is 0 Å². The lowest BCUT2D eigenvalue weighted by atomic mass is 9.96. The van der Waals surface area contributed by atoms with E-state index in [1.54, 1.807) is 18.2 Å². The Hall–Kier alpha value is -3.17. The Kier molecular flexibility index (Phi) is 6.69. The van der Waals surface area contributed by atoms with Crippen LogP contribution in [0.15, 0.2) is 36.4 Å². The molecule has 0 fully saturated rings. The maximum Gasteiger partial charge on any atom is 0.278 e. The molecule has 0 N–H and O–H groups in total. The third-order valence-electron chi connectivity index (χ3n) is 3.81. The molecule has 0 bridgehead atoms. The summed E-state index contributed by atoms with van der Waals surface area (Å²) in [6.07, 6.45) is 0. The fourth-order valence-electron chi connectivity index (χ4n) is 2.48. The first-order chi connectivity index (χ1) is 12.9. The molecule has 9 nitrogen and oxygen atoms in total. The Labute approximate surface area is 156 Å². The highest BCUT2D eigenvalue weighted by atomic mass is 16.7. The van der Waals surface area contributed by atoms with Crippen molar-refractivity contribution in [3.8, 4) is 22.6 Å². The lowest BCUT2D eigenvalue weighted by Crippen LogP contribution is -2.26. The summed E-state index contributed by atoms with van der Waals surface area (Å²) in [5.41, 5.74) is 0.721. The van der Waals surface area contributed by atoms with Gasteiger partial charge >= 0.3 is 0 Å². The van der Waals surface area contributed by atoms with E-state index >= 15 is 0 Å². The molecule has 0 unspecified atom stereocenters. The Morgan fingerprint density at radius 3 is 2.44 bits per heavy atom. The Bertz CT molecular complexity index is 838. The van der Waals surface area contributed by atoms with Gasteiger partial charge in [-0.05, 0) is 18.2 Å². The Balaban J connectivity index is 2.74. The number of non-ortho nitro benzene ring substituents is 1. The maximum absolute atomic E-state index is 12.7. The van der Waals surface area contributed by atoms with Crippen LogP contribution in [0.2, 0.25) is 0 Å². The van der Waals surface area contributed by atoms with Gasteiger partial charge in [0.15, 0.2) is 6.79 Å². The molecule has 0 spiro atoms. The maximum atomic E-state index is 12.7. The zero-order valence-electron chi connectivity index (χ0n) is 15.4. The fraction of sp³-hybridized carbons (Fsp3) is 0.278. The summed E-state index contributed by atoms with van der Waals surface area (Å²) < 4.78 is 15.9. The molecule has 9 heteroatoms.